The largest absolute Gasteiger partial charge is 0.482 e. The van der Waals surface area contributed by atoms with Gasteiger partial charge in [0.2, 0.25) is 0 Å². The van der Waals surface area contributed by atoms with E-state index < -0.39 is 6.10 Å². The molecule has 1 aromatic rings. The van der Waals surface area contributed by atoms with Gasteiger partial charge in [-0.1, -0.05) is 31.5 Å². The summed E-state index contributed by atoms with van der Waals surface area (Å²) in [5.41, 5.74) is 0.710. The molecule has 5 heteroatoms. The highest BCUT2D eigenvalue weighted by Crippen LogP contribution is 2.27. The highest BCUT2D eigenvalue weighted by atomic mass is 35.5. The lowest BCUT2D eigenvalue weighted by molar-refractivity contribution is -0.123. The predicted octanol–water partition coefficient (Wildman–Crippen LogP) is 2.54. The summed E-state index contributed by atoms with van der Waals surface area (Å²) in [5.74, 6) is 0.660. The molecule has 2 N–H and O–H groups in total. The molecule has 0 fully saturated rings. The predicted molar refractivity (Wildman–Crippen MR) is 75.4 cm³/mol. The third-order valence-corrected chi connectivity index (χ3v) is 2.80. The maximum atomic E-state index is 11.5. The molecule has 0 aliphatic rings. The van der Waals surface area contributed by atoms with Gasteiger partial charge in [0.15, 0.2) is 6.61 Å². The molecule has 0 saturated heterocycles. The maximum absolute atomic E-state index is 11.5. The normalized spacial score (nSPS) is 12.3. The molecule has 0 aromatic heterocycles. The number of aliphatic hydroxyl groups is 1. The summed E-state index contributed by atoms with van der Waals surface area (Å²) >= 11 is 6.02. The van der Waals surface area contributed by atoms with Crippen molar-refractivity contribution in [1.82, 2.24) is 5.32 Å². The number of rotatable bonds is 6. The van der Waals surface area contributed by atoms with E-state index >= 15 is 0 Å². The summed E-state index contributed by atoms with van der Waals surface area (Å²) < 4.78 is 5.34. The summed E-state index contributed by atoms with van der Waals surface area (Å²) in [6.45, 7) is 6.25. The average molecular weight is 286 g/mol. The van der Waals surface area contributed by atoms with E-state index in [9.17, 15) is 9.90 Å². The fourth-order valence-corrected chi connectivity index (χ4v) is 1.65. The van der Waals surface area contributed by atoms with Gasteiger partial charge < -0.3 is 15.2 Å². The summed E-state index contributed by atoms with van der Waals surface area (Å²) in [6, 6.07) is 5.01. The van der Waals surface area contributed by atoms with Crippen LogP contribution in [0.5, 0.6) is 5.75 Å². The van der Waals surface area contributed by atoms with Crippen LogP contribution in [0.2, 0.25) is 5.02 Å². The molecule has 4 nitrogen and oxygen atoms in total. The number of carbonyl (C=O) groups excluding carboxylic acids is 1. The quantitative estimate of drug-likeness (QED) is 0.844. The molecule has 19 heavy (non-hydrogen) atoms. The van der Waals surface area contributed by atoms with Crippen LogP contribution < -0.4 is 10.1 Å². The standard InChI is InChI=1S/C14H20ClNO3/c1-9(2)7-16-14(18)8-19-13-5-4-11(10(3)17)6-12(13)15/h4-6,9-10,17H,7-8H2,1-3H3,(H,16,18). The first kappa shape index (κ1) is 15.8. The van der Waals surface area contributed by atoms with Crippen molar-refractivity contribution >= 4 is 17.5 Å². The fourth-order valence-electron chi connectivity index (χ4n) is 1.41. The molecule has 1 aromatic carbocycles. The first-order valence-corrected chi connectivity index (χ1v) is 6.65. The number of aliphatic hydroxyl groups excluding tert-OH is 1. The van der Waals surface area contributed by atoms with Gasteiger partial charge in [-0.3, -0.25) is 4.79 Å². The van der Waals surface area contributed by atoms with Gasteiger partial charge in [-0.15, -0.1) is 0 Å². The van der Waals surface area contributed by atoms with Crippen LogP contribution in [0.15, 0.2) is 18.2 Å². The Balaban J connectivity index is 2.51. The minimum Gasteiger partial charge on any atom is -0.482 e. The van der Waals surface area contributed by atoms with Gasteiger partial charge in [0.05, 0.1) is 11.1 Å². The molecule has 0 aliphatic carbocycles. The van der Waals surface area contributed by atoms with Crippen LogP contribution in [0.25, 0.3) is 0 Å². The van der Waals surface area contributed by atoms with Gasteiger partial charge in [-0.05, 0) is 30.5 Å². The van der Waals surface area contributed by atoms with E-state index in [1.165, 1.54) is 0 Å². The smallest absolute Gasteiger partial charge is 0.257 e. The van der Waals surface area contributed by atoms with Crippen LogP contribution in [0.3, 0.4) is 0 Å². The Bertz CT molecular complexity index is 433. The van der Waals surface area contributed by atoms with Gasteiger partial charge >= 0.3 is 0 Å². The monoisotopic (exact) mass is 285 g/mol. The van der Waals surface area contributed by atoms with E-state index in [1.54, 1.807) is 25.1 Å². The number of benzene rings is 1. The number of halogens is 1. The lowest BCUT2D eigenvalue weighted by Crippen LogP contribution is -2.31. The third kappa shape index (κ3) is 5.49. The maximum Gasteiger partial charge on any atom is 0.257 e. The molecular formula is C14H20ClNO3. The van der Waals surface area contributed by atoms with Crippen LogP contribution in [-0.4, -0.2) is 24.2 Å². The summed E-state index contributed by atoms with van der Waals surface area (Å²) in [5, 5.41) is 12.6. The van der Waals surface area contributed by atoms with Crippen molar-refractivity contribution in [1.29, 1.82) is 0 Å². The minimum absolute atomic E-state index is 0.0690. The lowest BCUT2D eigenvalue weighted by Gasteiger charge is -2.11. The van der Waals surface area contributed by atoms with Crippen molar-refractivity contribution in [3.05, 3.63) is 28.8 Å². The number of hydrogen-bond acceptors (Lipinski definition) is 3. The zero-order valence-corrected chi connectivity index (χ0v) is 12.2. The summed E-state index contributed by atoms with van der Waals surface area (Å²) in [6.07, 6.45) is -0.583. The second kappa shape index (κ2) is 7.36. The first-order valence-electron chi connectivity index (χ1n) is 6.27. The zero-order valence-electron chi connectivity index (χ0n) is 11.4. The second-order valence-electron chi connectivity index (χ2n) is 4.85. The summed E-state index contributed by atoms with van der Waals surface area (Å²) in [4.78, 5) is 11.5. The number of carbonyl (C=O) groups is 1. The Morgan fingerprint density at radius 3 is 2.63 bits per heavy atom. The number of hydrogen-bond donors (Lipinski definition) is 2. The van der Waals surface area contributed by atoms with Crippen LogP contribution in [0.4, 0.5) is 0 Å². The molecule has 0 radical (unpaired) electrons. The number of amides is 1. The van der Waals surface area contributed by atoms with Crippen molar-refractivity contribution in [3.8, 4) is 5.75 Å². The van der Waals surface area contributed by atoms with E-state index in [-0.39, 0.29) is 12.5 Å². The van der Waals surface area contributed by atoms with Gasteiger partial charge in [0.25, 0.3) is 5.91 Å². The van der Waals surface area contributed by atoms with Crippen molar-refractivity contribution in [2.75, 3.05) is 13.2 Å². The lowest BCUT2D eigenvalue weighted by atomic mass is 10.1. The van der Waals surface area contributed by atoms with Crippen molar-refractivity contribution < 1.29 is 14.6 Å². The van der Waals surface area contributed by atoms with Crippen LogP contribution in [-0.2, 0) is 4.79 Å². The van der Waals surface area contributed by atoms with Gasteiger partial charge in [0, 0.05) is 6.54 Å². The zero-order chi connectivity index (χ0) is 14.4. The Morgan fingerprint density at radius 1 is 1.42 bits per heavy atom. The van der Waals surface area contributed by atoms with Crippen molar-refractivity contribution in [2.24, 2.45) is 5.92 Å². The Labute approximate surface area is 118 Å². The second-order valence-corrected chi connectivity index (χ2v) is 5.26. The first-order chi connectivity index (χ1) is 8.90. The number of nitrogens with one attached hydrogen (secondary N) is 1. The molecule has 1 unspecified atom stereocenters. The van der Waals surface area contributed by atoms with Gasteiger partial charge in [-0.25, -0.2) is 0 Å². The van der Waals surface area contributed by atoms with E-state index in [0.717, 1.165) is 0 Å². The minimum atomic E-state index is -0.583. The van der Waals surface area contributed by atoms with Crippen LogP contribution in [0.1, 0.15) is 32.4 Å². The Morgan fingerprint density at radius 2 is 2.11 bits per heavy atom. The van der Waals surface area contributed by atoms with E-state index in [0.29, 0.717) is 28.8 Å². The van der Waals surface area contributed by atoms with E-state index in [4.69, 9.17) is 16.3 Å². The van der Waals surface area contributed by atoms with Gasteiger partial charge in [-0.2, -0.15) is 0 Å². The average Bonchev–Trinajstić information content (AvgIpc) is 2.34. The molecule has 1 amide bonds. The molecule has 1 rings (SSSR count). The van der Waals surface area contributed by atoms with Crippen molar-refractivity contribution in [3.63, 3.8) is 0 Å². The molecule has 1 atom stereocenters. The van der Waals surface area contributed by atoms with Crippen LogP contribution >= 0.6 is 11.6 Å². The molecule has 0 aliphatic heterocycles. The highest BCUT2D eigenvalue weighted by Gasteiger charge is 2.09. The van der Waals surface area contributed by atoms with E-state index in [2.05, 4.69) is 5.32 Å². The van der Waals surface area contributed by atoms with Crippen LogP contribution in [0, 0.1) is 5.92 Å². The number of ether oxygens (including phenoxy) is 1. The SMILES string of the molecule is CC(C)CNC(=O)COc1ccc(C(C)O)cc1Cl. The molecule has 0 saturated carbocycles. The molecule has 0 bridgehead atoms. The molecule has 106 valence electrons. The molecule has 0 heterocycles. The fraction of sp³-hybridized carbons (Fsp3) is 0.500. The molecular weight excluding hydrogens is 266 g/mol. The highest BCUT2D eigenvalue weighted by molar-refractivity contribution is 6.32. The Hall–Kier alpha value is -1.26. The summed E-state index contributed by atoms with van der Waals surface area (Å²) in [7, 11) is 0. The topological polar surface area (TPSA) is 58.6 Å². The Kier molecular flexibility index (Phi) is 6.12. The van der Waals surface area contributed by atoms with Crippen molar-refractivity contribution in [2.45, 2.75) is 26.9 Å². The third-order valence-electron chi connectivity index (χ3n) is 2.50. The van der Waals surface area contributed by atoms with E-state index in [1.807, 2.05) is 13.8 Å². The van der Waals surface area contributed by atoms with Gasteiger partial charge in [0.1, 0.15) is 5.75 Å². The molecule has 0 spiro atoms.